The molecular weight excluding hydrogens is 300 g/mol. The van der Waals surface area contributed by atoms with E-state index in [2.05, 4.69) is 5.32 Å². The Hall–Kier alpha value is -1.86. The molecule has 0 bridgehead atoms. The molecule has 1 heterocycles. The highest BCUT2D eigenvalue weighted by Crippen LogP contribution is 2.25. The summed E-state index contributed by atoms with van der Waals surface area (Å²) >= 11 is 1.38. The van der Waals surface area contributed by atoms with Gasteiger partial charge in [-0.2, -0.15) is 10.5 Å². The van der Waals surface area contributed by atoms with Crippen molar-refractivity contribution in [1.82, 2.24) is 10.2 Å². The van der Waals surface area contributed by atoms with Gasteiger partial charge in [0.25, 0.3) is 0 Å². The number of thioether (sulfide) groups is 1. The Bertz CT molecular complexity index is 509. The van der Waals surface area contributed by atoms with Gasteiger partial charge < -0.3 is 15.0 Å². The van der Waals surface area contributed by atoms with E-state index in [1.807, 2.05) is 44.1 Å². The third kappa shape index (κ3) is 5.50. The van der Waals surface area contributed by atoms with Crippen LogP contribution in [0.25, 0.3) is 0 Å². The number of hydrogen-bond acceptors (Lipinski definition) is 6. The minimum atomic E-state index is -0.530. The zero-order valence-corrected chi connectivity index (χ0v) is 14.3. The minimum Gasteiger partial charge on any atom is -0.444 e. The Morgan fingerprint density at radius 2 is 2.00 bits per heavy atom. The van der Waals surface area contributed by atoms with Gasteiger partial charge in [0.2, 0.25) is 0 Å². The average Bonchev–Trinajstić information content (AvgIpc) is 2.42. The van der Waals surface area contributed by atoms with E-state index < -0.39 is 11.7 Å². The summed E-state index contributed by atoms with van der Waals surface area (Å²) < 4.78 is 5.26. The van der Waals surface area contributed by atoms with Crippen LogP contribution in [-0.4, -0.2) is 42.0 Å². The van der Waals surface area contributed by atoms with Crippen molar-refractivity contribution in [3.05, 3.63) is 10.6 Å². The molecule has 1 rings (SSSR count). The van der Waals surface area contributed by atoms with Crippen LogP contribution in [0.3, 0.4) is 0 Å². The number of rotatable bonds is 3. The predicted molar refractivity (Wildman–Crippen MR) is 85.7 cm³/mol. The second-order valence-corrected chi connectivity index (χ2v) is 6.83. The topological polar surface area (TPSA) is 89.2 Å². The second-order valence-electron chi connectivity index (χ2n) is 6.04. The summed E-state index contributed by atoms with van der Waals surface area (Å²) in [6, 6.07) is 3.81. The van der Waals surface area contributed by atoms with Crippen LogP contribution in [-0.2, 0) is 4.74 Å². The van der Waals surface area contributed by atoms with Crippen molar-refractivity contribution in [3.63, 3.8) is 0 Å². The molecular formula is C15H22N4O2S. The van der Waals surface area contributed by atoms with Crippen LogP contribution < -0.4 is 5.32 Å². The number of alkyl carbamates (subject to hydrolysis) is 1. The number of likely N-dealkylation sites (tertiary alicyclic amines) is 1. The lowest BCUT2D eigenvalue weighted by Crippen LogP contribution is -2.48. The number of nitrogens with one attached hydrogen (secondary N) is 1. The van der Waals surface area contributed by atoms with Crippen molar-refractivity contribution in [2.75, 3.05) is 19.3 Å². The maximum atomic E-state index is 11.8. The van der Waals surface area contributed by atoms with Gasteiger partial charge >= 0.3 is 6.09 Å². The van der Waals surface area contributed by atoms with Crippen LogP contribution in [0.2, 0.25) is 0 Å². The Morgan fingerprint density at radius 3 is 2.50 bits per heavy atom. The molecule has 22 heavy (non-hydrogen) atoms. The first kappa shape index (κ1) is 18.2. The van der Waals surface area contributed by atoms with Gasteiger partial charge in [-0.3, -0.25) is 0 Å². The second kappa shape index (κ2) is 7.95. The molecule has 120 valence electrons. The predicted octanol–water partition coefficient (Wildman–Crippen LogP) is 2.60. The summed E-state index contributed by atoms with van der Waals surface area (Å²) in [5.74, 6) is 0. The Morgan fingerprint density at radius 1 is 1.36 bits per heavy atom. The summed E-state index contributed by atoms with van der Waals surface area (Å²) in [6.45, 7) is 6.80. The summed E-state index contributed by atoms with van der Waals surface area (Å²) in [5, 5.41) is 21.6. The SMILES string of the molecule is CSC(=C(C#N)C#N)N1CCC[C@@H](NC(=O)OC(C)(C)C)C1. The number of hydrogen-bond donors (Lipinski definition) is 1. The maximum Gasteiger partial charge on any atom is 0.407 e. The largest absolute Gasteiger partial charge is 0.444 e. The molecule has 0 unspecified atom stereocenters. The van der Waals surface area contributed by atoms with E-state index in [9.17, 15) is 4.79 Å². The number of ether oxygens (including phenoxy) is 1. The average molecular weight is 322 g/mol. The Labute approximate surface area is 136 Å². The Kier molecular flexibility index (Phi) is 6.58. The first-order valence-corrected chi connectivity index (χ1v) is 8.36. The molecule has 1 aliphatic heterocycles. The molecule has 0 aliphatic carbocycles. The normalized spacial score (nSPS) is 17.9. The van der Waals surface area contributed by atoms with Gasteiger partial charge in [0.05, 0.1) is 5.03 Å². The molecule has 1 N–H and O–H groups in total. The number of nitriles is 2. The monoisotopic (exact) mass is 322 g/mol. The fourth-order valence-corrected chi connectivity index (χ4v) is 2.98. The molecule has 7 heteroatoms. The highest BCUT2D eigenvalue weighted by molar-refractivity contribution is 8.02. The lowest BCUT2D eigenvalue weighted by Gasteiger charge is -2.35. The Balaban J connectivity index is 2.73. The zero-order valence-electron chi connectivity index (χ0n) is 13.5. The highest BCUT2D eigenvalue weighted by atomic mass is 32.2. The summed E-state index contributed by atoms with van der Waals surface area (Å²) in [4.78, 5) is 13.8. The van der Waals surface area contributed by atoms with Crippen LogP contribution in [0.1, 0.15) is 33.6 Å². The van der Waals surface area contributed by atoms with Crippen molar-refractivity contribution < 1.29 is 9.53 Å². The number of piperidine rings is 1. The molecule has 0 spiro atoms. The van der Waals surface area contributed by atoms with Crippen molar-refractivity contribution in [3.8, 4) is 12.1 Å². The van der Waals surface area contributed by atoms with Gasteiger partial charge in [0, 0.05) is 19.1 Å². The molecule has 1 saturated heterocycles. The molecule has 0 saturated carbocycles. The van der Waals surface area contributed by atoms with Gasteiger partial charge in [-0.1, -0.05) is 0 Å². The molecule has 1 aliphatic rings. The lowest BCUT2D eigenvalue weighted by molar-refractivity contribution is 0.0482. The third-order valence-electron chi connectivity index (χ3n) is 3.06. The minimum absolute atomic E-state index is 0.0515. The van der Waals surface area contributed by atoms with Gasteiger partial charge in [-0.05, 0) is 39.9 Å². The molecule has 0 aromatic heterocycles. The van der Waals surface area contributed by atoms with Gasteiger partial charge in [0.15, 0.2) is 5.57 Å². The quantitative estimate of drug-likeness (QED) is 0.803. The van der Waals surface area contributed by atoms with E-state index >= 15 is 0 Å². The number of carbonyl (C=O) groups excluding carboxylic acids is 1. The first-order chi connectivity index (χ1) is 10.3. The van der Waals surface area contributed by atoms with Gasteiger partial charge in [-0.25, -0.2) is 4.79 Å². The fourth-order valence-electron chi connectivity index (χ4n) is 2.26. The van der Waals surface area contributed by atoms with E-state index in [1.165, 1.54) is 11.8 Å². The lowest BCUT2D eigenvalue weighted by atomic mass is 10.1. The molecule has 1 amide bonds. The van der Waals surface area contributed by atoms with Gasteiger partial charge in [0.1, 0.15) is 17.7 Å². The molecule has 6 nitrogen and oxygen atoms in total. The maximum absolute atomic E-state index is 11.8. The summed E-state index contributed by atoms with van der Waals surface area (Å²) in [7, 11) is 0. The molecule has 1 fully saturated rings. The van der Waals surface area contributed by atoms with Crippen molar-refractivity contribution >= 4 is 17.9 Å². The van der Waals surface area contributed by atoms with Crippen LogP contribution in [0.4, 0.5) is 4.79 Å². The van der Waals surface area contributed by atoms with E-state index in [4.69, 9.17) is 15.3 Å². The number of carbonyl (C=O) groups is 1. The van der Waals surface area contributed by atoms with E-state index in [-0.39, 0.29) is 11.6 Å². The number of allylic oxidation sites excluding steroid dienone is 1. The van der Waals surface area contributed by atoms with E-state index in [0.29, 0.717) is 11.6 Å². The van der Waals surface area contributed by atoms with Crippen molar-refractivity contribution in [1.29, 1.82) is 10.5 Å². The molecule has 1 atom stereocenters. The summed E-state index contributed by atoms with van der Waals surface area (Å²) in [6.07, 6.45) is 3.14. The van der Waals surface area contributed by atoms with Crippen LogP contribution in [0, 0.1) is 22.7 Å². The first-order valence-electron chi connectivity index (χ1n) is 7.13. The van der Waals surface area contributed by atoms with Crippen LogP contribution >= 0.6 is 11.8 Å². The molecule has 0 radical (unpaired) electrons. The fraction of sp³-hybridized carbons (Fsp3) is 0.667. The standard InChI is InChI=1S/C15H22N4O2S/c1-15(2,3)21-14(20)18-12-6-5-7-19(10-12)13(22-4)11(8-16)9-17/h12H,5-7,10H2,1-4H3,(H,18,20)/t12-/m1/s1. The summed E-state index contributed by atoms with van der Waals surface area (Å²) in [5.41, 5.74) is -0.414. The molecule has 0 aromatic rings. The van der Waals surface area contributed by atoms with Crippen LogP contribution in [0.5, 0.6) is 0 Å². The number of amides is 1. The van der Waals surface area contributed by atoms with Crippen LogP contribution in [0.15, 0.2) is 10.6 Å². The van der Waals surface area contributed by atoms with Crippen molar-refractivity contribution in [2.24, 2.45) is 0 Å². The third-order valence-corrected chi connectivity index (χ3v) is 3.91. The van der Waals surface area contributed by atoms with E-state index in [0.717, 1.165) is 19.4 Å². The van der Waals surface area contributed by atoms with Crippen molar-refractivity contribution in [2.45, 2.75) is 45.3 Å². The zero-order chi connectivity index (χ0) is 16.8. The number of nitrogens with zero attached hydrogens (tertiary/aromatic N) is 3. The smallest absolute Gasteiger partial charge is 0.407 e. The molecule has 0 aromatic carbocycles. The van der Waals surface area contributed by atoms with E-state index in [1.54, 1.807) is 0 Å². The van der Waals surface area contributed by atoms with Gasteiger partial charge in [-0.15, -0.1) is 11.8 Å². The highest BCUT2D eigenvalue weighted by Gasteiger charge is 2.26.